The van der Waals surface area contributed by atoms with Gasteiger partial charge in [-0.15, -0.1) is 0 Å². The second-order valence-electron chi connectivity index (χ2n) is 5.65. The minimum atomic E-state index is 0.107. The highest BCUT2D eigenvalue weighted by Gasteiger charge is 2.34. The molecule has 1 rings (SSSR count). The Balaban J connectivity index is 2.55. The Kier molecular flexibility index (Phi) is 5.44. The summed E-state index contributed by atoms with van der Waals surface area (Å²) in [5.41, 5.74) is 5.46. The quantitative estimate of drug-likeness (QED) is 0.314. The van der Waals surface area contributed by atoms with Crippen molar-refractivity contribution >= 4 is 11.7 Å². The number of amidine groups is 1. The van der Waals surface area contributed by atoms with Gasteiger partial charge in [0.2, 0.25) is 5.91 Å². The van der Waals surface area contributed by atoms with Crippen molar-refractivity contribution in [3.05, 3.63) is 0 Å². The van der Waals surface area contributed by atoms with Crippen LogP contribution < -0.4 is 5.73 Å². The van der Waals surface area contributed by atoms with Gasteiger partial charge in [-0.05, 0) is 24.7 Å². The summed E-state index contributed by atoms with van der Waals surface area (Å²) >= 11 is 0. The molecule has 0 radical (unpaired) electrons. The van der Waals surface area contributed by atoms with Crippen molar-refractivity contribution in [3.63, 3.8) is 0 Å². The number of hydrogen-bond donors (Lipinski definition) is 2. The van der Waals surface area contributed by atoms with Gasteiger partial charge >= 0.3 is 0 Å². The van der Waals surface area contributed by atoms with Crippen LogP contribution in [0.3, 0.4) is 0 Å². The molecule has 104 valence electrons. The summed E-state index contributed by atoms with van der Waals surface area (Å²) in [5.74, 6) is 1.48. The van der Waals surface area contributed by atoms with Crippen LogP contribution in [0, 0.1) is 17.8 Å². The maximum absolute atomic E-state index is 12.3. The lowest BCUT2D eigenvalue weighted by Gasteiger charge is -2.27. The molecular formula is C13H25N3O2. The smallest absolute Gasteiger partial charge is 0.225 e. The van der Waals surface area contributed by atoms with Gasteiger partial charge in [-0.3, -0.25) is 4.79 Å². The molecule has 1 unspecified atom stereocenters. The maximum Gasteiger partial charge on any atom is 0.225 e. The van der Waals surface area contributed by atoms with Gasteiger partial charge in [-0.2, -0.15) is 0 Å². The van der Waals surface area contributed by atoms with E-state index >= 15 is 0 Å². The predicted octanol–water partition coefficient (Wildman–Crippen LogP) is 1.65. The van der Waals surface area contributed by atoms with Crippen LogP contribution in [0.25, 0.3) is 0 Å². The van der Waals surface area contributed by atoms with E-state index in [4.69, 9.17) is 10.9 Å². The average Bonchev–Trinajstić information content (AvgIpc) is 3.15. The van der Waals surface area contributed by atoms with Crippen molar-refractivity contribution in [2.75, 3.05) is 13.1 Å². The highest BCUT2D eigenvalue weighted by atomic mass is 16.4. The van der Waals surface area contributed by atoms with Gasteiger partial charge in [0.05, 0.1) is 0 Å². The minimum Gasteiger partial charge on any atom is -0.409 e. The van der Waals surface area contributed by atoms with Crippen molar-refractivity contribution in [1.82, 2.24) is 4.90 Å². The molecular weight excluding hydrogens is 230 g/mol. The zero-order valence-corrected chi connectivity index (χ0v) is 11.6. The van der Waals surface area contributed by atoms with Crippen LogP contribution in [-0.2, 0) is 4.79 Å². The van der Waals surface area contributed by atoms with E-state index in [1.165, 1.54) is 12.8 Å². The molecule has 0 aromatic heterocycles. The number of hydrogen-bond acceptors (Lipinski definition) is 3. The number of amides is 1. The van der Waals surface area contributed by atoms with Gasteiger partial charge in [0, 0.05) is 25.4 Å². The molecule has 0 bridgehead atoms. The van der Waals surface area contributed by atoms with Crippen molar-refractivity contribution in [3.8, 4) is 0 Å². The number of nitrogens with two attached hydrogens (primary N) is 1. The minimum absolute atomic E-state index is 0.107. The molecule has 1 saturated carbocycles. The SMILES string of the molecule is CC(C)CN(CCC(N)=NO)C(=O)C(C)C1CC1. The molecule has 5 heteroatoms. The fourth-order valence-electron chi connectivity index (χ4n) is 2.12. The number of rotatable bonds is 7. The molecule has 0 aliphatic heterocycles. The lowest BCUT2D eigenvalue weighted by Crippen LogP contribution is -2.40. The average molecular weight is 255 g/mol. The van der Waals surface area contributed by atoms with Gasteiger partial charge in [-0.25, -0.2) is 0 Å². The lowest BCUT2D eigenvalue weighted by atomic mass is 10.0. The summed E-state index contributed by atoms with van der Waals surface area (Å²) in [6, 6.07) is 0. The Morgan fingerprint density at radius 2 is 2.06 bits per heavy atom. The van der Waals surface area contributed by atoms with Crippen LogP contribution in [0.4, 0.5) is 0 Å². The number of carbonyl (C=O) groups excluding carboxylic acids is 1. The van der Waals surface area contributed by atoms with E-state index in [1.807, 2.05) is 11.8 Å². The van der Waals surface area contributed by atoms with Crippen LogP contribution in [0.2, 0.25) is 0 Å². The molecule has 0 spiro atoms. The molecule has 5 nitrogen and oxygen atoms in total. The second-order valence-corrected chi connectivity index (χ2v) is 5.65. The van der Waals surface area contributed by atoms with E-state index in [-0.39, 0.29) is 17.7 Å². The summed E-state index contributed by atoms with van der Waals surface area (Å²) in [5, 5.41) is 11.5. The first-order valence-corrected chi connectivity index (χ1v) is 6.70. The second kappa shape index (κ2) is 6.61. The molecule has 0 aromatic carbocycles. The van der Waals surface area contributed by atoms with E-state index in [1.54, 1.807) is 0 Å². The molecule has 0 heterocycles. The fraction of sp³-hybridized carbons (Fsp3) is 0.846. The van der Waals surface area contributed by atoms with Crippen molar-refractivity contribution < 1.29 is 10.0 Å². The highest BCUT2D eigenvalue weighted by Crippen LogP contribution is 2.37. The first-order chi connectivity index (χ1) is 8.45. The van der Waals surface area contributed by atoms with Gasteiger partial charge in [-0.1, -0.05) is 25.9 Å². The summed E-state index contributed by atoms with van der Waals surface area (Å²) in [6.45, 7) is 7.45. The molecule has 3 N–H and O–H groups in total. The standard InChI is InChI=1S/C13H25N3O2/c1-9(2)8-16(7-6-12(14)15-18)13(17)10(3)11-4-5-11/h9-11,18H,4-8H2,1-3H3,(H2,14,15). The summed E-state index contributed by atoms with van der Waals surface area (Å²) in [4.78, 5) is 14.2. The van der Waals surface area contributed by atoms with E-state index in [9.17, 15) is 4.79 Å². The summed E-state index contributed by atoms with van der Waals surface area (Å²) in [7, 11) is 0. The van der Waals surface area contributed by atoms with Crippen LogP contribution >= 0.6 is 0 Å². The lowest BCUT2D eigenvalue weighted by molar-refractivity contribution is -0.136. The molecule has 1 atom stereocenters. The van der Waals surface area contributed by atoms with E-state index in [2.05, 4.69) is 19.0 Å². The van der Waals surface area contributed by atoms with E-state index in [0.29, 0.717) is 24.8 Å². The van der Waals surface area contributed by atoms with Crippen molar-refractivity contribution in [1.29, 1.82) is 0 Å². The molecule has 1 aliphatic rings. The Labute approximate surface area is 109 Å². The normalized spacial score (nSPS) is 17.9. The Morgan fingerprint density at radius 3 is 2.50 bits per heavy atom. The van der Waals surface area contributed by atoms with Crippen LogP contribution in [0.1, 0.15) is 40.0 Å². The van der Waals surface area contributed by atoms with Gasteiger partial charge in [0.1, 0.15) is 5.84 Å². The third-order valence-corrected chi connectivity index (χ3v) is 3.38. The number of nitrogens with zero attached hydrogens (tertiary/aromatic N) is 2. The van der Waals surface area contributed by atoms with Crippen LogP contribution in [0.5, 0.6) is 0 Å². The number of carbonyl (C=O) groups is 1. The maximum atomic E-state index is 12.3. The third-order valence-electron chi connectivity index (χ3n) is 3.38. The molecule has 1 aliphatic carbocycles. The first-order valence-electron chi connectivity index (χ1n) is 6.70. The van der Waals surface area contributed by atoms with Crippen LogP contribution in [-0.4, -0.2) is 34.9 Å². The third kappa shape index (κ3) is 4.55. The Bertz CT molecular complexity index is 311. The van der Waals surface area contributed by atoms with Crippen molar-refractivity contribution in [2.45, 2.75) is 40.0 Å². The fourth-order valence-corrected chi connectivity index (χ4v) is 2.12. The van der Waals surface area contributed by atoms with Crippen molar-refractivity contribution in [2.24, 2.45) is 28.6 Å². The Hall–Kier alpha value is -1.26. The van der Waals surface area contributed by atoms with Gasteiger partial charge < -0.3 is 15.8 Å². The topological polar surface area (TPSA) is 78.9 Å². The highest BCUT2D eigenvalue weighted by molar-refractivity contribution is 5.82. The zero-order chi connectivity index (χ0) is 13.7. The zero-order valence-electron chi connectivity index (χ0n) is 11.6. The van der Waals surface area contributed by atoms with Crippen LogP contribution in [0.15, 0.2) is 5.16 Å². The van der Waals surface area contributed by atoms with Gasteiger partial charge in [0.25, 0.3) is 0 Å². The monoisotopic (exact) mass is 255 g/mol. The molecule has 0 aromatic rings. The summed E-state index contributed by atoms with van der Waals surface area (Å²) in [6.07, 6.45) is 2.76. The molecule has 0 saturated heterocycles. The first kappa shape index (κ1) is 14.8. The molecule has 1 fully saturated rings. The van der Waals surface area contributed by atoms with Gasteiger partial charge in [0.15, 0.2) is 0 Å². The predicted molar refractivity (Wildman–Crippen MR) is 71.3 cm³/mol. The largest absolute Gasteiger partial charge is 0.409 e. The summed E-state index contributed by atoms with van der Waals surface area (Å²) < 4.78 is 0. The van der Waals surface area contributed by atoms with E-state index in [0.717, 1.165) is 6.54 Å². The number of oxime groups is 1. The molecule has 18 heavy (non-hydrogen) atoms. The van der Waals surface area contributed by atoms with E-state index < -0.39 is 0 Å². The Morgan fingerprint density at radius 1 is 1.44 bits per heavy atom. The molecule has 1 amide bonds.